The second-order valence-electron chi connectivity index (χ2n) is 4.94. The zero-order valence-electron chi connectivity index (χ0n) is 10.3. The Kier molecular flexibility index (Phi) is 3.56. The Balaban J connectivity index is 2.72. The van der Waals surface area contributed by atoms with Gasteiger partial charge in [-0.3, -0.25) is 4.98 Å². The molecule has 0 saturated carbocycles. The van der Waals surface area contributed by atoms with Crippen molar-refractivity contribution in [3.05, 3.63) is 18.5 Å². The van der Waals surface area contributed by atoms with Crippen LogP contribution in [0.4, 0.5) is 11.4 Å². The average molecular weight is 207 g/mol. The molecule has 1 atom stereocenters. The van der Waals surface area contributed by atoms with E-state index in [4.69, 9.17) is 0 Å². The lowest BCUT2D eigenvalue weighted by atomic mass is 9.88. The highest BCUT2D eigenvalue weighted by atomic mass is 14.9. The van der Waals surface area contributed by atoms with Gasteiger partial charge in [0.1, 0.15) is 0 Å². The normalized spacial score (nSPS) is 13.4. The minimum atomic E-state index is 0.246. The molecular formula is C12H21N3. The van der Waals surface area contributed by atoms with Crippen molar-refractivity contribution in [3.8, 4) is 0 Å². The molecule has 15 heavy (non-hydrogen) atoms. The zero-order chi connectivity index (χ0) is 11.5. The van der Waals surface area contributed by atoms with Gasteiger partial charge in [-0.05, 0) is 18.4 Å². The third kappa shape index (κ3) is 3.42. The lowest BCUT2D eigenvalue weighted by Crippen LogP contribution is -2.30. The van der Waals surface area contributed by atoms with E-state index in [0.717, 1.165) is 11.4 Å². The van der Waals surface area contributed by atoms with Gasteiger partial charge in [-0.15, -0.1) is 0 Å². The first kappa shape index (κ1) is 11.8. The number of aromatic nitrogens is 1. The maximum absolute atomic E-state index is 4.17. The minimum absolute atomic E-state index is 0.246. The molecule has 1 heterocycles. The molecule has 1 unspecified atom stereocenters. The van der Waals surface area contributed by atoms with Crippen LogP contribution in [0.25, 0.3) is 0 Å². The van der Waals surface area contributed by atoms with E-state index < -0.39 is 0 Å². The molecule has 3 nitrogen and oxygen atoms in total. The number of hydrogen-bond acceptors (Lipinski definition) is 3. The molecule has 0 spiro atoms. The van der Waals surface area contributed by atoms with Crippen LogP contribution in [0, 0.1) is 5.41 Å². The summed E-state index contributed by atoms with van der Waals surface area (Å²) >= 11 is 0. The van der Waals surface area contributed by atoms with Crippen LogP contribution in [-0.4, -0.2) is 18.1 Å². The van der Waals surface area contributed by atoms with Crippen LogP contribution in [0.5, 0.6) is 0 Å². The highest BCUT2D eigenvalue weighted by Gasteiger charge is 2.19. The lowest BCUT2D eigenvalue weighted by molar-refractivity contribution is 0.359. The largest absolute Gasteiger partial charge is 0.387 e. The van der Waals surface area contributed by atoms with Crippen LogP contribution in [0.2, 0.25) is 0 Å². The first-order valence-corrected chi connectivity index (χ1v) is 5.33. The fourth-order valence-electron chi connectivity index (χ4n) is 1.12. The van der Waals surface area contributed by atoms with Crippen molar-refractivity contribution in [2.75, 3.05) is 17.7 Å². The quantitative estimate of drug-likeness (QED) is 0.800. The zero-order valence-corrected chi connectivity index (χ0v) is 10.3. The molecule has 0 aliphatic rings. The molecule has 1 rings (SSSR count). The highest BCUT2D eigenvalue weighted by Crippen LogP contribution is 2.23. The fourth-order valence-corrected chi connectivity index (χ4v) is 1.12. The van der Waals surface area contributed by atoms with E-state index >= 15 is 0 Å². The van der Waals surface area contributed by atoms with E-state index in [1.165, 1.54) is 0 Å². The summed E-state index contributed by atoms with van der Waals surface area (Å²) in [5.74, 6) is 0. The highest BCUT2D eigenvalue weighted by molar-refractivity contribution is 5.54. The predicted octanol–water partition coefficient (Wildman–Crippen LogP) is 2.97. The SMILES string of the molecule is CNc1cncc(NC(C)C(C)(C)C)c1. The molecule has 84 valence electrons. The van der Waals surface area contributed by atoms with Gasteiger partial charge in [0.25, 0.3) is 0 Å². The van der Waals surface area contributed by atoms with Crippen LogP contribution >= 0.6 is 0 Å². The molecule has 0 amide bonds. The van der Waals surface area contributed by atoms with Crippen molar-refractivity contribution in [1.29, 1.82) is 0 Å². The molecule has 0 aliphatic heterocycles. The van der Waals surface area contributed by atoms with Crippen LogP contribution in [0.15, 0.2) is 18.5 Å². The van der Waals surface area contributed by atoms with Gasteiger partial charge in [-0.1, -0.05) is 20.8 Å². The smallest absolute Gasteiger partial charge is 0.0549 e. The van der Waals surface area contributed by atoms with E-state index in [1.54, 1.807) is 0 Å². The molecule has 1 aromatic heterocycles. The van der Waals surface area contributed by atoms with E-state index in [9.17, 15) is 0 Å². The molecule has 0 saturated heterocycles. The van der Waals surface area contributed by atoms with Crippen molar-refractivity contribution >= 4 is 11.4 Å². The van der Waals surface area contributed by atoms with Crippen molar-refractivity contribution in [2.24, 2.45) is 5.41 Å². The Labute approximate surface area is 92.3 Å². The van der Waals surface area contributed by atoms with Crippen molar-refractivity contribution in [2.45, 2.75) is 33.7 Å². The molecule has 1 aromatic rings. The summed E-state index contributed by atoms with van der Waals surface area (Å²) in [4.78, 5) is 4.17. The van der Waals surface area contributed by atoms with Gasteiger partial charge < -0.3 is 10.6 Å². The van der Waals surface area contributed by atoms with Crippen LogP contribution in [0.3, 0.4) is 0 Å². The van der Waals surface area contributed by atoms with Crippen molar-refractivity contribution in [1.82, 2.24) is 4.98 Å². The van der Waals surface area contributed by atoms with Gasteiger partial charge >= 0.3 is 0 Å². The Bertz CT molecular complexity index is 315. The number of hydrogen-bond donors (Lipinski definition) is 2. The third-order valence-electron chi connectivity index (χ3n) is 2.71. The van der Waals surface area contributed by atoms with E-state index in [2.05, 4.69) is 49.4 Å². The Morgan fingerprint density at radius 2 is 1.80 bits per heavy atom. The minimum Gasteiger partial charge on any atom is -0.387 e. The van der Waals surface area contributed by atoms with Gasteiger partial charge in [-0.25, -0.2) is 0 Å². The molecule has 0 radical (unpaired) electrons. The summed E-state index contributed by atoms with van der Waals surface area (Å²) < 4.78 is 0. The van der Waals surface area contributed by atoms with Crippen molar-refractivity contribution in [3.63, 3.8) is 0 Å². The first-order chi connectivity index (χ1) is 6.93. The monoisotopic (exact) mass is 207 g/mol. The van der Waals surface area contributed by atoms with E-state index in [-0.39, 0.29) is 5.41 Å². The number of rotatable bonds is 3. The maximum atomic E-state index is 4.17. The average Bonchev–Trinajstić information content (AvgIpc) is 2.16. The molecule has 3 heteroatoms. The summed E-state index contributed by atoms with van der Waals surface area (Å²) in [6, 6.07) is 2.47. The summed E-state index contributed by atoms with van der Waals surface area (Å²) in [6.45, 7) is 8.85. The molecular weight excluding hydrogens is 186 g/mol. The molecule has 0 aromatic carbocycles. The van der Waals surface area contributed by atoms with Crippen LogP contribution in [-0.2, 0) is 0 Å². The Morgan fingerprint density at radius 1 is 1.20 bits per heavy atom. The Morgan fingerprint density at radius 3 is 2.33 bits per heavy atom. The molecule has 0 fully saturated rings. The van der Waals surface area contributed by atoms with Gasteiger partial charge in [-0.2, -0.15) is 0 Å². The second kappa shape index (κ2) is 4.51. The van der Waals surface area contributed by atoms with Gasteiger partial charge in [0.2, 0.25) is 0 Å². The first-order valence-electron chi connectivity index (χ1n) is 5.33. The molecule has 0 aliphatic carbocycles. The summed E-state index contributed by atoms with van der Waals surface area (Å²) in [6.07, 6.45) is 3.66. The summed E-state index contributed by atoms with van der Waals surface area (Å²) in [7, 11) is 1.90. The molecule has 0 bridgehead atoms. The number of nitrogens with one attached hydrogen (secondary N) is 2. The summed E-state index contributed by atoms with van der Waals surface area (Å²) in [5.41, 5.74) is 2.33. The van der Waals surface area contributed by atoms with E-state index in [0.29, 0.717) is 6.04 Å². The topological polar surface area (TPSA) is 37.0 Å². The van der Waals surface area contributed by atoms with E-state index in [1.807, 2.05) is 19.4 Å². The van der Waals surface area contributed by atoms with Crippen LogP contribution < -0.4 is 10.6 Å². The predicted molar refractivity (Wildman–Crippen MR) is 66.3 cm³/mol. The third-order valence-corrected chi connectivity index (χ3v) is 2.71. The molecule has 2 N–H and O–H groups in total. The van der Waals surface area contributed by atoms with Crippen LogP contribution in [0.1, 0.15) is 27.7 Å². The fraction of sp³-hybridized carbons (Fsp3) is 0.583. The second-order valence-corrected chi connectivity index (χ2v) is 4.94. The number of nitrogens with zero attached hydrogens (tertiary/aromatic N) is 1. The summed E-state index contributed by atoms with van der Waals surface area (Å²) in [5, 5.41) is 6.53. The number of anilines is 2. The van der Waals surface area contributed by atoms with Crippen molar-refractivity contribution < 1.29 is 0 Å². The van der Waals surface area contributed by atoms with Gasteiger partial charge in [0.05, 0.1) is 23.8 Å². The standard InChI is InChI=1S/C12H21N3/c1-9(12(2,3)4)15-11-6-10(13-5)7-14-8-11/h6-9,13,15H,1-5H3. The maximum Gasteiger partial charge on any atom is 0.0549 e. The lowest BCUT2D eigenvalue weighted by Gasteiger charge is -2.29. The number of pyridine rings is 1. The van der Waals surface area contributed by atoms with Gasteiger partial charge in [0.15, 0.2) is 0 Å². The Hall–Kier alpha value is -1.25. The van der Waals surface area contributed by atoms with Gasteiger partial charge in [0, 0.05) is 13.1 Å².